The first-order chi connectivity index (χ1) is 12.5. The van der Waals surface area contributed by atoms with Gasteiger partial charge in [0.05, 0.1) is 16.8 Å². The van der Waals surface area contributed by atoms with Crippen LogP contribution in [0.4, 0.5) is 11.4 Å². The lowest BCUT2D eigenvalue weighted by Crippen LogP contribution is -2.12. The number of aromatic nitrogens is 2. The zero-order chi connectivity index (χ0) is 18.5. The van der Waals surface area contributed by atoms with Gasteiger partial charge in [-0.1, -0.05) is 24.3 Å². The van der Waals surface area contributed by atoms with Crippen LogP contribution in [0.25, 0.3) is 5.69 Å². The van der Waals surface area contributed by atoms with E-state index >= 15 is 0 Å². The number of nitro benzene ring substituents is 1. The highest BCUT2D eigenvalue weighted by atomic mass is 16.6. The van der Waals surface area contributed by atoms with E-state index in [4.69, 9.17) is 0 Å². The third-order valence-corrected chi connectivity index (χ3v) is 3.99. The minimum atomic E-state index is -0.455. The maximum atomic E-state index is 12.1. The van der Waals surface area contributed by atoms with Crippen LogP contribution in [-0.2, 0) is 11.2 Å². The number of amides is 1. The minimum Gasteiger partial charge on any atom is -0.326 e. The molecule has 0 aliphatic carbocycles. The molecule has 0 radical (unpaired) electrons. The number of carbonyl (C=O) groups is 1. The molecule has 0 bridgehead atoms. The fourth-order valence-corrected chi connectivity index (χ4v) is 2.58. The molecule has 0 atom stereocenters. The molecule has 0 saturated heterocycles. The summed E-state index contributed by atoms with van der Waals surface area (Å²) in [5.41, 5.74) is 2.87. The Morgan fingerprint density at radius 3 is 2.73 bits per heavy atom. The van der Waals surface area contributed by atoms with Crippen LogP contribution in [-0.4, -0.2) is 20.6 Å². The smallest absolute Gasteiger partial charge is 0.274 e. The second kappa shape index (κ2) is 7.60. The maximum Gasteiger partial charge on any atom is 0.274 e. The molecule has 0 aliphatic rings. The van der Waals surface area contributed by atoms with Crippen LogP contribution in [0.1, 0.15) is 17.5 Å². The molecule has 7 nitrogen and oxygen atoms in total. The number of rotatable bonds is 6. The Morgan fingerprint density at radius 2 is 2.00 bits per heavy atom. The van der Waals surface area contributed by atoms with Gasteiger partial charge in [0.2, 0.25) is 5.91 Å². The Labute approximate surface area is 150 Å². The Bertz CT molecular complexity index is 935. The third kappa shape index (κ3) is 4.13. The van der Waals surface area contributed by atoms with Gasteiger partial charge in [-0.15, -0.1) is 0 Å². The number of anilines is 1. The molecule has 0 saturated carbocycles. The molecule has 0 spiro atoms. The molecule has 0 unspecified atom stereocenters. The van der Waals surface area contributed by atoms with Crippen LogP contribution in [0.5, 0.6) is 0 Å². The molecular formula is C19H18N4O3. The number of benzene rings is 2. The van der Waals surface area contributed by atoms with Gasteiger partial charge in [-0.3, -0.25) is 14.9 Å². The van der Waals surface area contributed by atoms with Gasteiger partial charge in [0.25, 0.3) is 5.69 Å². The van der Waals surface area contributed by atoms with Crippen LogP contribution < -0.4 is 5.32 Å². The fourth-order valence-electron chi connectivity index (χ4n) is 2.58. The van der Waals surface area contributed by atoms with Crippen molar-refractivity contribution in [3.05, 3.63) is 82.2 Å². The van der Waals surface area contributed by atoms with E-state index < -0.39 is 4.92 Å². The predicted molar refractivity (Wildman–Crippen MR) is 98.3 cm³/mol. The van der Waals surface area contributed by atoms with Crippen molar-refractivity contribution in [2.24, 2.45) is 0 Å². The van der Waals surface area contributed by atoms with Crippen molar-refractivity contribution in [1.82, 2.24) is 9.78 Å². The maximum absolute atomic E-state index is 12.1. The largest absolute Gasteiger partial charge is 0.326 e. The molecule has 7 heteroatoms. The van der Waals surface area contributed by atoms with Crippen molar-refractivity contribution in [3.8, 4) is 5.69 Å². The zero-order valence-corrected chi connectivity index (χ0v) is 14.3. The molecule has 1 heterocycles. The first-order valence-electron chi connectivity index (χ1n) is 8.17. The molecule has 132 valence electrons. The summed E-state index contributed by atoms with van der Waals surface area (Å²) in [5.74, 6) is -0.199. The highest BCUT2D eigenvalue weighted by Crippen LogP contribution is 2.22. The molecule has 3 rings (SSSR count). The zero-order valence-electron chi connectivity index (χ0n) is 14.3. The molecule has 3 aromatic rings. The van der Waals surface area contributed by atoms with Crippen molar-refractivity contribution in [2.75, 3.05) is 5.32 Å². The Balaban J connectivity index is 1.59. The second-order valence-electron chi connectivity index (χ2n) is 5.94. The van der Waals surface area contributed by atoms with Gasteiger partial charge < -0.3 is 5.32 Å². The normalized spacial score (nSPS) is 10.5. The third-order valence-electron chi connectivity index (χ3n) is 3.99. The van der Waals surface area contributed by atoms with E-state index in [1.807, 2.05) is 36.5 Å². The van der Waals surface area contributed by atoms with Gasteiger partial charge >= 0.3 is 0 Å². The van der Waals surface area contributed by atoms with Gasteiger partial charge in [-0.25, -0.2) is 4.68 Å². The predicted octanol–water partition coefficient (Wildman–Crippen LogP) is 3.66. The van der Waals surface area contributed by atoms with E-state index in [-0.39, 0.29) is 18.0 Å². The van der Waals surface area contributed by atoms with Gasteiger partial charge in [0.1, 0.15) is 0 Å². The summed E-state index contributed by atoms with van der Waals surface area (Å²) in [4.78, 5) is 22.6. The summed E-state index contributed by atoms with van der Waals surface area (Å²) in [5, 5.41) is 18.0. The summed E-state index contributed by atoms with van der Waals surface area (Å²) < 4.78 is 1.76. The van der Waals surface area contributed by atoms with Crippen LogP contribution in [0.2, 0.25) is 0 Å². The van der Waals surface area contributed by atoms with Crippen molar-refractivity contribution < 1.29 is 9.72 Å². The first kappa shape index (κ1) is 17.3. The van der Waals surface area contributed by atoms with Gasteiger partial charge in [-0.05, 0) is 37.1 Å². The summed E-state index contributed by atoms with van der Waals surface area (Å²) >= 11 is 0. The van der Waals surface area contributed by atoms with Crippen LogP contribution >= 0.6 is 0 Å². The Hall–Kier alpha value is -3.48. The summed E-state index contributed by atoms with van der Waals surface area (Å²) in [7, 11) is 0. The number of para-hydroxylation sites is 1. The van der Waals surface area contributed by atoms with Crippen LogP contribution in [0.15, 0.2) is 60.9 Å². The monoisotopic (exact) mass is 350 g/mol. The molecule has 0 aliphatic heterocycles. The van der Waals surface area contributed by atoms with E-state index in [0.717, 1.165) is 11.3 Å². The van der Waals surface area contributed by atoms with Gasteiger partial charge in [0.15, 0.2) is 0 Å². The lowest BCUT2D eigenvalue weighted by Gasteiger charge is -2.06. The Morgan fingerprint density at radius 1 is 1.23 bits per heavy atom. The average Bonchev–Trinajstić information content (AvgIpc) is 3.11. The van der Waals surface area contributed by atoms with E-state index in [1.165, 1.54) is 6.07 Å². The second-order valence-corrected chi connectivity index (χ2v) is 5.94. The highest BCUT2D eigenvalue weighted by molar-refractivity contribution is 5.91. The van der Waals surface area contributed by atoms with Crippen molar-refractivity contribution >= 4 is 17.3 Å². The Kier molecular flexibility index (Phi) is 5.07. The number of hydrogen-bond acceptors (Lipinski definition) is 4. The average molecular weight is 350 g/mol. The van der Waals surface area contributed by atoms with Crippen molar-refractivity contribution in [1.29, 1.82) is 0 Å². The molecule has 1 N–H and O–H groups in total. The quantitative estimate of drug-likeness (QED) is 0.542. The topological polar surface area (TPSA) is 90.1 Å². The summed E-state index contributed by atoms with van der Waals surface area (Å²) in [6, 6.07) is 14.4. The number of hydrogen-bond donors (Lipinski definition) is 1. The standard InChI is InChI=1S/C19H18N4O3/c1-14-7-9-16(11-18(14)23(25)26)21-19(24)10-8-15-12-20-22(13-15)17-5-3-2-4-6-17/h2-7,9,11-13H,8,10H2,1H3,(H,21,24). The first-order valence-corrected chi connectivity index (χ1v) is 8.17. The number of carbonyl (C=O) groups excluding carboxylic acids is 1. The van der Waals surface area contributed by atoms with Crippen LogP contribution in [0.3, 0.4) is 0 Å². The minimum absolute atomic E-state index is 0.00747. The van der Waals surface area contributed by atoms with Crippen LogP contribution in [0, 0.1) is 17.0 Å². The van der Waals surface area contributed by atoms with Gasteiger partial charge in [-0.2, -0.15) is 5.10 Å². The molecule has 2 aromatic carbocycles. The number of nitrogens with one attached hydrogen (secondary N) is 1. The molecule has 1 amide bonds. The molecule has 1 aromatic heterocycles. The molecule has 0 fully saturated rings. The van der Waals surface area contributed by atoms with E-state index in [0.29, 0.717) is 17.7 Å². The van der Waals surface area contributed by atoms with Crippen molar-refractivity contribution in [3.63, 3.8) is 0 Å². The number of nitrogens with zero attached hydrogens (tertiary/aromatic N) is 3. The van der Waals surface area contributed by atoms with E-state index in [1.54, 1.807) is 29.9 Å². The molecule has 26 heavy (non-hydrogen) atoms. The lowest BCUT2D eigenvalue weighted by atomic mass is 10.1. The number of nitro groups is 1. The van der Waals surface area contributed by atoms with E-state index in [2.05, 4.69) is 10.4 Å². The number of aryl methyl sites for hydroxylation is 2. The lowest BCUT2D eigenvalue weighted by molar-refractivity contribution is -0.385. The summed E-state index contributed by atoms with van der Waals surface area (Å²) in [6.07, 6.45) is 4.42. The molecular weight excluding hydrogens is 332 g/mol. The van der Waals surface area contributed by atoms with Gasteiger partial charge in [0, 0.05) is 29.9 Å². The van der Waals surface area contributed by atoms with Crippen molar-refractivity contribution in [2.45, 2.75) is 19.8 Å². The highest BCUT2D eigenvalue weighted by Gasteiger charge is 2.12. The SMILES string of the molecule is Cc1ccc(NC(=O)CCc2cnn(-c3ccccc3)c2)cc1[N+](=O)[O-]. The fraction of sp³-hybridized carbons (Fsp3) is 0.158. The summed E-state index contributed by atoms with van der Waals surface area (Å²) in [6.45, 7) is 1.66. The van der Waals surface area contributed by atoms with E-state index in [9.17, 15) is 14.9 Å².